The maximum atomic E-state index is 12.3. The molecule has 4 nitrogen and oxygen atoms in total. The maximum absolute atomic E-state index is 12.3. The fourth-order valence-corrected chi connectivity index (χ4v) is 2.65. The fraction of sp³-hybridized carbons (Fsp3) is 0.667. The first kappa shape index (κ1) is 12.4. The molecule has 0 aliphatic heterocycles. The molecule has 1 aromatic rings. The van der Waals surface area contributed by atoms with Crippen LogP contribution in [0.5, 0.6) is 0 Å². The van der Waals surface area contributed by atoms with Crippen molar-refractivity contribution in [1.82, 2.24) is 15.1 Å². The second kappa shape index (κ2) is 6.05. The van der Waals surface area contributed by atoms with Crippen molar-refractivity contribution >= 4 is 17.5 Å². The van der Waals surface area contributed by atoms with Crippen molar-refractivity contribution in [3.8, 4) is 0 Å². The molecule has 1 heterocycles. The third-order valence-electron chi connectivity index (χ3n) is 3.35. The number of carbonyl (C=O) groups is 1. The highest BCUT2D eigenvalue weighted by Gasteiger charge is 2.26. The molecular weight excluding hydrogens is 238 g/mol. The van der Waals surface area contributed by atoms with Crippen LogP contribution >= 0.6 is 11.6 Å². The van der Waals surface area contributed by atoms with Crippen LogP contribution in [0.4, 0.5) is 0 Å². The van der Waals surface area contributed by atoms with Crippen LogP contribution in [0.3, 0.4) is 0 Å². The molecular formula is C12H18ClN3O. The second-order valence-corrected chi connectivity index (χ2v) is 4.84. The lowest BCUT2D eigenvalue weighted by Crippen LogP contribution is -2.42. The van der Waals surface area contributed by atoms with Crippen molar-refractivity contribution in [2.45, 2.75) is 38.1 Å². The lowest BCUT2D eigenvalue weighted by atomic mass is 9.94. The Morgan fingerprint density at radius 3 is 2.82 bits per heavy atom. The molecule has 1 fully saturated rings. The molecule has 1 amide bonds. The van der Waals surface area contributed by atoms with Crippen LogP contribution in [0.1, 0.15) is 42.5 Å². The van der Waals surface area contributed by atoms with Gasteiger partial charge in [0, 0.05) is 24.7 Å². The highest BCUT2D eigenvalue weighted by atomic mass is 35.5. The summed E-state index contributed by atoms with van der Waals surface area (Å²) in [6.07, 6.45) is 9.12. The van der Waals surface area contributed by atoms with Crippen LogP contribution < -0.4 is 0 Å². The van der Waals surface area contributed by atoms with Crippen LogP contribution in [-0.4, -0.2) is 39.5 Å². The normalized spacial score (nSPS) is 17.0. The number of rotatable bonds is 4. The number of hydrogen-bond donors (Lipinski definition) is 1. The second-order valence-electron chi connectivity index (χ2n) is 4.47. The van der Waals surface area contributed by atoms with E-state index in [4.69, 9.17) is 11.6 Å². The van der Waals surface area contributed by atoms with Crippen LogP contribution in [0.2, 0.25) is 0 Å². The molecule has 0 bridgehead atoms. The van der Waals surface area contributed by atoms with E-state index in [1.807, 2.05) is 4.90 Å². The van der Waals surface area contributed by atoms with Gasteiger partial charge in [0.1, 0.15) is 0 Å². The Kier molecular flexibility index (Phi) is 4.42. The Balaban J connectivity index is 2.07. The van der Waals surface area contributed by atoms with Gasteiger partial charge in [0.2, 0.25) is 0 Å². The molecule has 1 aliphatic carbocycles. The average molecular weight is 256 g/mol. The summed E-state index contributed by atoms with van der Waals surface area (Å²) < 4.78 is 0. The van der Waals surface area contributed by atoms with Gasteiger partial charge < -0.3 is 4.90 Å². The number of H-pyrrole nitrogens is 1. The number of amides is 1. The number of hydrogen-bond acceptors (Lipinski definition) is 2. The van der Waals surface area contributed by atoms with Crippen molar-refractivity contribution in [2.75, 3.05) is 12.4 Å². The van der Waals surface area contributed by atoms with Gasteiger partial charge in [-0.05, 0) is 12.8 Å². The topological polar surface area (TPSA) is 49.0 Å². The summed E-state index contributed by atoms with van der Waals surface area (Å²) in [4.78, 5) is 14.2. The van der Waals surface area contributed by atoms with Gasteiger partial charge in [-0.2, -0.15) is 5.10 Å². The van der Waals surface area contributed by atoms with Crippen LogP contribution in [0, 0.1) is 0 Å². The molecule has 0 saturated heterocycles. The quantitative estimate of drug-likeness (QED) is 0.840. The van der Waals surface area contributed by atoms with Gasteiger partial charge in [0.05, 0.1) is 11.8 Å². The molecule has 2 rings (SSSR count). The highest BCUT2D eigenvalue weighted by molar-refractivity contribution is 6.18. The lowest BCUT2D eigenvalue weighted by Gasteiger charge is -2.33. The smallest absolute Gasteiger partial charge is 0.257 e. The summed E-state index contributed by atoms with van der Waals surface area (Å²) in [5, 5.41) is 6.51. The Hall–Kier alpha value is -1.03. The molecule has 0 spiro atoms. The third kappa shape index (κ3) is 3.00. The van der Waals surface area contributed by atoms with E-state index in [9.17, 15) is 4.79 Å². The number of halogens is 1. The summed E-state index contributed by atoms with van der Waals surface area (Å²) in [6.45, 7) is 0.621. The van der Waals surface area contributed by atoms with Crippen LogP contribution in [0.15, 0.2) is 12.4 Å². The molecule has 0 atom stereocenters. The summed E-state index contributed by atoms with van der Waals surface area (Å²) >= 11 is 5.80. The molecule has 1 saturated carbocycles. The van der Waals surface area contributed by atoms with E-state index < -0.39 is 0 Å². The van der Waals surface area contributed by atoms with E-state index in [0.717, 1.165) is 12.8 Å². The van der Waals surface area contributed by atoms with Gasteiger partial charge in [0.25, 0.3) is 5.91 Å². The van der Waals surface area contributed by atoms with Gasteiger partial charge in [-0.25, -0.2) is 0 Å². The van der Waals surface area contributed by atoms with E-state index >= 15 is 0 Å². The minimum absolute atomic E-state index is 0.0475. The zero-order valence-electron chi connectivity index (χ0n) is 9.86. The molecule has 94 valence electrons. The Labute approximate surface area is 106 Å². The molecule has 0 unspecified atom stereocenters. The number of carbonyl (C=O) groups excluding carboxylic acids is 1. The van der Waals surface area contributed by atoms with Crippen molar-refractivity contribution in [3.05, 3.63) is 18.0 Å². The van der Waals surface area contributed by atoms with Crippen molar-refractivity contribution in [1.29, 1.82) is 0 Å². The van der Waals surface area contributed by atoms with Gasteiger partial charge >= 0.3 is 0 Å². The van der Waals surface area contributed by atoms with Gasteiger partial charge in [-0.3, -0.25) is 9.89 Å². The SMILES string of the molecule is O=C(c1cn[nH]c1)N(CCCl)C1CCCCC1. The minimum atomic E-state index is 0.0475. The molecule has 0 aromatic carbocycles. The van der Waals surface area contributed by atoms with E-state index in [1.54, 1.807) is 12.4 Å². The van der Waals surface area contributed by atoms with Crippen LogP contribution in [0.25, 0.3) is 0 Å². The molecule has 0 radical (unpaired) electrons. The molecule has 17 heavy (non-hydrogen) atoms. The van der Waals surface area contributed by atoms with Crippen LogP contribution in [-0.2, 0) is 0 Å². The zero-order chi connectivity index (χ0) is 12.1. The van der Waals surface area contributed by atoms with E-state index in [-0.39, 0.29) is 5.91 Å². The van der Waals surface area contributed by atoms with E-state index in [2.05, 4.69) is 10.2 Å². The van der Waals surface area contributed by atoms with Gasteiger partial charge in [0.15, 0.2) is 0 Å². The van der Waals surface area contributed by atoms with Gasteiger partial charge in [-0.1, -0.05) is 19.3 Å². The first-order valence-corrected chi connectivity index (χ1v) is 6.72. The first-order chi connectivity index (χ1) is 8.33. The summed E-state index contributed by atoms with van der Waals surface area (Å²) in [5.41, 5.74) is 0.626. The lowest BCUT2D eigenvalue weighted by molar-refractivity contribution is 0.0650. The van der Waals surface area contributed by atoms with Crippen molar-refractivity contribution in [3.63, 3.8) is 0 Å². The van der Waals surface area contributed by atoms with Crippen molar-refractivity contribution in [2.24, 2.45) is 0 Å². The molecule has 1 N–H and O–H groups in total. The Morgan fingerprint density at radius 2 is 2.24 bits per heavy atom. The minimum Gasteiger partial charge on any atom is -0.334 e. The number of aromatic amines is 1. The first-order valence-electron chi connectivity index (χ1n) is 6.18. The van der Waals surface area contributed by atoms with E-state index in [1.165, 1.54) is 19.3 Å². The van der Waals surface area contributed by atoms with E-state index in [0.29, 0.717) is 24.0 Å². The maximum Gasteiger partial charge on any atom is 0.257 e. The summed E-state index contributed by atoms with van der Waals surface area (Å²) in [6, 6.07) is 0.352. The van der Waals surface area contributed by atoms with Gasteiger partial charge in [-0.15, -0.1) is 11.6 Å². The Bertz CT molecular complexity index is 347. The third-order valence-corrected chi connectivity index (χ3v) is 3.52. The zero-order valence-corrected chi connectivity index (χ0v) is 10.6. The summed E-state index contributed by atoms with van der Waals surface area (Å²) in [5.74, 6) is 0.534. The monoisotopic (exact) mass is 255 g/mol. The number of aromatic nitrogens is 2. The predicted octanol–water partition coefficient (Wildman–Crippen LogP) is 2.42. The predicted molar refractivity (Wildman–Crippen MR) is 67.2 cm³/mol. The number of alkyl halides is 1. The standard InChI is InChI=1S/C12H18ClN3O/c13-6-7-16(11-4-2-1-3-5-11)12(17)10-8-14-15-9-10/h8-9,11H,1-7H2,(H,14,15). The largest absolute Gasteiger partial charge is 0.334 e. The summed E-state index contributed by atoms with van der Waals surface area (Å²) in [7, 11) is 0. The highest BCUT2D eigenvalue weighted by Crippen LogP contribution is 2.23. The molecule has 1 aromatic heterocycles. The fourth-order valence-electron chi connectivity index (χ4n) is 2.47. The molecule has 5 heteroatoms. The Morgan fingerprint density at radius 1 is 1.47 bits per heavy atom. The number of nitrogens with zero attached hydrogens (tertiary/aromatic N) is 2. The van der Waals surface area contributed by atoms with Crippen molar-refractivity contribution < 1.29 is 4.79 Å². The average Bonchev–Trinajstić information content (AvgIpc) is 2.90. The number of nitrogens with one attached hydrogen (secondary N) is 1. The molecule has 1 aliphatic rings.